The zero-order valence-corrected chi connectivity index (χ0v) is 9.45. The minimum Gasteiger partial charge on any atom is -0.314 e. The average molecular weight is 223 g/mol. The van der Waals surface area contributed by atoms with Crippen molar-refractivity contribution in [2.24, 2.45) is 5.41 Å². The van der Waals surface area contributed by atoms with E-state index in [-0.39, 0.29) is 18.0 Å². The lowest BCUT2D eigenvalue weighted by Crippen LogP contribution is -2.38. The lowest BCUT2D eigenvalue weighted by molar-refractivity contribution is -0.133. The number of nitrogens with one attached hydrogen (secondary N) is 1. The third-order valence-corrected chi connectivity index (χ3v) is 3.05. The lowest BCUT2D eigenvalue weighted by Gasteiger charge is -2.35. The van der Waals surface area contributed by atoms with Crippen LogP contribution in [0.15, 0.2) is 0 Å². The number of halogens is 3. The van der Waals surface area contributed by atoms with Gasteiger partial charge in [0.05, 0.1) is 6.42 Å². The summed E-state index contributed by atoms with van der Waals surface area (Å²) >= 11 is 0. The molecule has 1 aliphatic rings. The first-order valence-electron chi connectivity index (χ1n) is 5.59. The largest absolute Gasteiger partial charge is 0.390 e. The average Bonchev–Trinajstić information content (AvgIpc) is 1.99. The molecule has 1 nitrogen and oxygen atoms in total. The molecule has 0 radical (unpaired) electrons. The van der Waals surface area contributed by atoms with E-state index in [0.717, 1.165) is 19.3 Å². The Morgan fingerprint density at radius 1 is 1.33 bits per heavy atom. The van der Waals surface area contributed by atoms with Gasteiger partial charge in [-0.2, -0.15) is 13.2 Å². The summed E-state index contributed by atoms with van der Waals surface area (Å²) in [6.07, 6.45) is -0.436. The fourth-order valence-electron chi connectivity index (χ4n) is 2.29. The van der Waals surface area contributed by atoms with Gasteiger partial charge in [-0.3, -0.25) is 0 Å². The van der Waals surface area contributed by atoms with Gasteiger partial charge in [0.15, 0.2) is 0 Å². The SMILES string of the molecule is CC1(C)CCCC(NCCC(F)(F)F)C1. The highest BCUT2D eigenvalue weighted by Gasteiger charge is 2.30. The van der Waals surface area contributed by atoms with Crippen LogP contribution in [0.25, 0.3) is 0 Å². The molecular formula is C11H20F3N. The Hall–Kier alpha value is -0.250. The van der Waals surface area contributed by atoms with E-state index in [1.165, 1.54) is 6.42 Å². The number of rotatable bonds is 3. The van der Waals surface area contributed by atoms with Crippen molar-refractivity contribution >= 4 is 0 Å². The van der Waals surface area contributed by atoms with Gasteiger partial charge in [-0.25, -0.2) is 0 Å². The van der Waals surface area contributed by atoms with Crippen molar-refractivity contribution in [3.63, 3.8) is 0 Å². The molecule has 90 valence electrons. The van der Waals surface area contributed by atoms with Crippen LogP contribution in [0.3, 0.4) is 0 Å². The summed E-state index contributed by atoms with van der Waals surface area (Å²) in [7, 11) is 0. The first-order valence-corrected chi connectivity index (χ1v) is 5.59. The Bertz CT molecular complexity index is 198. The van der Waals surface area contributed by atoms with Crippen molar-refractivity contribution in [1.29, 1.82) is 0 Å². The first kappa shape index (κ1) is 12.8. The van der Waals surface area contributed by atoms with E-state index in [2.05, 4.69) is 19.2 Å². The highest BCUT2D eigenvalue weighted by atomic mass is 19.4. The molecule has 1 fully saturated rings. The fraction of sp³-hybridized carbons (Fsp3) is 1.00. The van der Waals surface area contributed by atoms with Crippen LogP contribution in [0.2, 0.25) is 0 Å². The normalized spacial score (nSPS) is 26.6. The lowest BCUT2D eigenvalue weighted by atomic mass is 9.75. The quantitative estimate of drug-likeness (QED) is 0.772. The molecule has 0 aromatic carbocycles. The standard InChI is InChI=1S/C11H20F3N/c1-10(2)5-3-4-9(8-10)15-7-6-11(12,13)14/h9,15H,3-8H2,1-2H3. The van der Waals surface area contributed by atoms with Crippen LogP contribution >= 0.6 is 0 Å². The molecule has 0 spiro atoms. The van der Waals surface area contributed by atoms with Gasteiger partial charge >= 0.3 is 6.18 Å². The highest BCUT2D eigenvalue weighted by Crippen LogP contribution is 2.35. The van der Waals surface area contributed by atoms with Crippen molar-refractivity contribution in [3.05, 3.63) is 0 Å². The molecule has 0 aromatic heterocycles. The molecule has 1 N–H and O–H groups in total. The first-order chi connectivity index (χ1) is 6.79. The summed E-state index contributed by atoms with van der Waals surface area (Å²) in [6, 6.07) is 0.274. The smallest absolute Gasteiger partial charge is 0.314 e. The molecule has 1 aliphatic carbocycles. The second kappa shape index (κ2) is 4.73. The van der Waals surface area contributed by atoms with Gasteiger partial charge in [-0.15, -0.1) is 0 Å². The summed E-state index contributed by atoms with van der Waals surface area (Å²) in [5.74, 6) is 0. The van der Waals surface area contributed by atoms with Gasteiger partial charge in [0.25, 0.3) is 0 Å². The zero-order chi connectivity index (χ0) is 11.5. The van der Waals surface area contributed by atoms with Gasteiger partial charge in [0, 0.05) is 12.6 Å². The molecule has 1 atom stereocenters. The van der Waals surface area contributed by atoms with Crippen LogP contribution in [0, 0.1) is 5.41 Å². The minimum absolute atomic E-state index is 0.0598. The summed E-state index contributed by atoms with van der Waals surface area (Å²) < 4.78 is 35.8. The molecule has 15 heavy (non-hydrogen) atoms. The van der Waals surface area contributed by atoms with Gasteiger partial charge in [-0.1, -0.05) is 20.3 Å². The van der Waals surface area contributed by atoms with Crippen molar-refractivity contribution in [2.75, 3.05) is 6.54 Å². The minimum atomic E-state index is -4.03. The van der Waals surface area contributed by atoms with Crippen LogP contribution in [0.1, 0.15) is 46.0 Å². The molecule has 0 aliphatic heterocycles. The van der Waals surface area contributed by atoms with Crippen molar-refractivity contribution in [3.8, 4) is 0 Å². The number of hydrogen-bond acceptors (Lipinski definition) is 1. The second-order valence-electron chi connectivity index (χ2n) is 5.28. The van der Waals surface area contributed by atoms with Crippen LogP contribution in [0.4, 0.5) is 13.2 Å². The summed E-state index contributed by atoms with van der Waals surface area (Å²) in [5, 5.41) is 3.01. The van der Waals surface area contributed by atoms with Crippen molar-refractivity contribution in [1.82, 2.24) is 5.32 Å². The van der Waals surface area contributed by atoms with Crippen LogP contribution in [-0.4, -0.2) is 18.8 Å². The van der Waals surface area contributed by atoms with E-state index in [1.54, 1.807) is 0 Å². The monoisotopic (exact) mass is 223 g/mol. The maximum Gasteiger partial charge on any atom is 0.390 e. The predicted octanol–water partition coefficient (Wildman–Crippen LogP) is 3.50. The van der Waals surface area contributed by atoms with Crippen molar-refractivity contribution < 1.29 is 13.2 Å². The molecule has 1 rings (SSSR count). The molecule has 0 amide bonds. The fourth-order valence-corrected chi connectivity index (χ4v) is 2.29. The highest BCUT2D eigenvalue weighted by molar-refractivity contribution is 4.83. The Kier molecular flexibility index (Phi) is 4.04. The van der Waals surface area contributed by atoms with Crippen LogP contribution in [-0.2, 0) is 0 Å². The van der Waals surface area contributed by atoms with E-state index in [1.807, 2.05) is 0 Å². The van der Waals surface area contributed by atoms with E-state index in [4.69, 9.17) is 0 Å². The van der Waals surface area contributed by atoms with E-state index in [0.29, 0.717) is 0 Å². The van der Waals surface area contributed by atoms with Gasteiger partial charge in [-0.05, 0) is 24.7 Å². The molecule has 0 bridgehead atoms. The molecule has 1 unspecified atom stereocenters. The van der Waals surface area contributed by atoms with E-state index in [9.17, 15) is 13.2 Å². The maximum atomic E-state index is 11.9. The molecule has 0 saturated heterocycles. The summed E-state index contributed by atoms with van der Waals surface area (Å²) in [4.78, 5) is 0. The summed E-state index contributed by atoms with van der Waals surface area (Å²) in [6.45, 7) is 4.43. The third-order valence-electron chi connectivity index (χ3n) is 3.05. The molecule has 1 saturated carbocycles. The Balaban J connectivity index is 2.22. The number of hydrogen-bond donors (Lipinski definition) is 1. The molecule has 4 heteroatoms. The van der Waals surface area contributed by atoms with Crippen LogP contribution < -0.4 is 5.32 Å². The van der Waals surface area contributed by atoms with Gasteiger partial charge in [0.2, 0.25) is 0 Å². The Labute approximate surface area is 89.4 Å². The molecular weight excluding hydrogens is 203 g/mol. The topological polar surface area (TPSA) is 12.0 Å². The molecule has 0 heterocycles. The van der Waals surface area contributed by atoms with Gasteiger partial charge in [0.1, 0.15) is 0 Å². The van der Waals surface area contributed by atoms with E-state index >= 15 is 0 Å². The molecule has 0 aromatic rings. The number of alkyl halides is 3. The second-order valence-corrected chi connectivity index (χ2v) is 5.28. The van der Waals surface area contributed by atoms with Gasteiger partial charge < -0.3 is 5.32 Å². The predicted molar refractivity (Wildman–Crippen MR) is 54.7 cm³/mol. The van der Waals surface area contributed by atoms with E-state index < -0.39 is 12.6 Å². The summed E-state index contributed by atoms with van der Waals surface area (Å²) in [5.41, 5.74) is 0.286. The Morgan fingerprint density at radius 2 is 2.00 bits per heavy atom. The Morgan fingerprint density at radius 3 is 2.53 bits per heavy atom. The maximum absolute atomic E-state index is 11.9. The zero-order valence-electron chi connectivity index (χ0n) is 9.45. The van der Waals surface area contributed by atoms with Crippen LogP contribution in [0.5, 0.6) is 0 Å². The van der Waals surface area contributed by atoms with Crippen molar-refractivity contribution in [2.45, 2.75) is 58.2 Å². The third kappa shape index (κ3) is 5.40.